The highest BCUT2D eigenvalue weighted by Gasteiger charge is 2.25. The summed E-state index contributed by atoms with van der Waals surface area (Å²) in [5.74, 6) is 0.729. The Hall–Kier alpha value is 0.250. The first-order valence-electron chi connectivity index (χ1n) is 3.41. The summed E-state index contributed by atoms with van der Waals surface area (Å²) < 4.78 is 5.29. The van der Waals surface area contributed by atoms with E-state index in [0.29, 0.717) is 0 Å². The van der Waals surface area contributed by atoms with Crippen molar-refractivity contribution in [2.24, 2.45) is 5.41 Å². The van der Waals surface area contributed by atoms with Crippen molar-refractivity contribution in [2.75, 3.05) is 19.1 Å². The van der Waals surface area contributed by atoms with Gasteiger partial charge in [-0.2, -0.15) is 0 Å². The molecule has 0 saturated carbocycles. The monoisotopic (exact) mass is 148 g/mol. The summed E-state index contributed by atoms with van der Waals surface area (Å²) in [6, 6.07) is 0. The Bertz CT molecular complexity index is 86.9. The van der Waals surface area contributed by atoms with Crippen LogP contribution in [0, 0.1) is 5.41 Å². The summed E-state index contributed by atoms with van der Waals surface area (Å²) in [6.07, 6.45) is 2.39. The first kappa shape index (κ1) is 7.36. The second kappa shape index (κ2) is 2.89. The highest BCUT2D eigenvalue weighted by atomic mass is 35.5. The fourth-order valence-electron chi connectivity index (χ4n) is 1.10. The standard InChI is InChI=1S/C7H13ClO/c1-7(5-8)3-2-4-9-6-7/h2-6H2,1H3. The van der Waals surface area contributed by atoms with Gasteiger partial charge < -0.3 is 4.74 Å². The molecule has 1 heterocycles. The molecular formula is C7H13ClO. The highest BCUT2D eigenvalue weighted by Crippen LogP contribution is 2.28. The van der Waals surface area contributed by atoms with Gasteiger partial charge in [-0.05, 0) is 12.8 Å². The van der Waals surface area contributed by atoms with E-state index in [9.17, 15) is 0 Å². The van der Waals surface area contributed by atoms with Crippen LogP contribution in [0.25, 0.3) is 0 Å². The van der Waals surface area contributed by atoms with Gasteiger partial charge in [0, 0.05) is 17.9 Å². The Labute approximate surface area is 61.3 Å². The van der Waals surface area contributed by atoms with Crippen LogP contribution in [0.2, 0.25) is 0 Å². The molecule has 1 unspecified atom stereocenters. The number of halogens is 1. The third kappa shape index (κ3) is 1.84. The summed E-state index contributed by atoms with van der Waals surface area (Å²) in [5, 5.41) is 0. The van der Waals surface area contributed by atoms with Crippen molar-refractivity contribution in [1.82, 2.24) is 0 Å². The molecule has 0 aromatic rings. The minimum atomic E-state index is 0.264. The Morgan fingerprint density at radius 3 is 2.78 bits per heavy atom. The average Bonchev–Trinajstić information content (AvgIpc) is 1.90. The van der Waals surface area contributed by atoms with Crippen molar-refractivity contribution in [3.63, 3.8) is 0 Å². The fourth-order valence-corrected chi connectivity index (χ4v) is 1.31. The SMILES string of the molecule is CC1(CCl)CCCOC1. The molecule has 0 aliphatic carbocycles. The van der Waals surface area contributed by atoms with E-state index in [4.69, 9.17) is 16.3 Å². The number of alkyl halides is 1. The molecule has 1 saturated heterocycles. The zero-order valence-electron chi connectivity index (χ0n) is 5.82. The van der Waals surface area contributed by atoms with Gasteiger partial charge in [0.2, 0.25) is 0 Å². The summed E-state index contributed by atoms with van der Waals surface area (Å²) in [7, 11) is 0. The molecule has 0 aromatic carbocycles. The van der Waals surface area contributed by atoms with Crippen LogP contribution < -0.4 is 0 Å². The molecule has 1 fully saturated rings. The van der Waals surface area contributed by atoms with E-state index in [2.05, 4.69) is 6.92 Å². The summed E-state index contributed by atoms with van der Waals surface area (Å²) in [6.45, 7) is 3.95. The smallest absolute Gasteiger partial charge is 0.0531 e. The molecule has 0 spiro atoms. The largest absolute Gasteiger partial charge is 0.381 e. The van der Waals surface area contributed by atoms with Crippen LogP contribution in [0.3, 0.4) is 0 Å². The molecule has 0 bridgehead atoms. The average molecular weight is 149 g/mol. The quantitative estimate of drug-likeness (QED) is 0.518. The van der Waals surface area contributed by atoms with Crippen molar-refractivity contribution in [3.8, 4) is 0 Å². The summed E-state index contributed by atoms with van der Waals surface area (Å²) in [5.41, 5.74) is 0.264. The first-order valence-corrected chi connectivity index (χ1v) is 3.94. The zero-order valence-corrected chi connectivity index (χ0v) is 6.58. The van der Waals surface area contributed by atoms with E-state index < -0.39 is 0 Å². The topological polar surface area (TPSA) is 9.23 Å². The van der Waals surface area contributed by atoms with Gasteiger partial charge in [-0.15, -0.1) is 11.6 Å². The molecule has 1 rings (SSSR count). The van der Waals surface area contributed by atoms with E-state index in [0.717, 1.165) is 19.1 Å². The molecule has 0 N–H and O–H groups in total. The Morgan fingerprint density at radius 1 is 1.67 bits per heavy atom. The predicted molar refractivity (Wildman–Crippen MR) is 38.9 cm³/mol. The van der Waals surface area contributed by atoms with Crippen molar-refractivity contribution in [1.29, 1.82) is 0 Å². The molecule has 0 amide bonds. The molecule has 1 nitrogen and oxygen atoms in total. The Balaban J connectivity index is 2.37. The van der Waals surface area contributed by atoms with Crippen molar-refractivity contribution in [2.45, 2.75) is 19.8 Å². The zero-order chi connectivity index (χ0) is 6.74. The van der Waals surface area contributed by atoms with Crippen LogP contribution >= 0.6 is 11.6 Å². The second-order valence-corrected chi connectivity index (χ2v) is 3.37. The number of hydrogen-bond acceptors (Lipinski definition) is 1. The third-order valence-corrected chi connectivity index (χ3v) is 2.49. The van der Waals surface area contributed by atoms with Gasteiger partial charge in [0.05, 0.1) is 6.61 Å². The Kier molecular flexibility index (Phi) is 2.36. The number of rotatable bonds is 1. The van der Waals surface area contributed by atoms with E-state index in [1.807, 2.05) is 0 Å². The minimum absolute atomic E-state index is 0.264. The number of hydrogen-bond donors (Lipinski definition) is 0. The molecule has 54 valence electrons. The molecule has 1 aliphatic rings. The van der Waals surface area contributed by atoms with Gasteiger partial charge in [-0.25, -0.2) is 0 Å². The fraction of sp³-hybridized carbons (Fsp3) is 1.00. The van der Waals surface area contributed by atoms with Gasteiger partial charge in [0.25, 0.3) is 0 Å². The number of ether oxygens (including phenoxy) is 1. The molecule has 2 heteroatoms. The lowest BCUT2D eigenvalue weighted by molar-refractivity contribution is 0.0146. The van der Waals surface area contributed by atoms with Crippen molar-refractivity contribution < 1.29 is 4.74 Å². The van der Waals surface area contributed by atoms with Gasteiger partial charge in [0.15, 0.2) is 0 Å². The van der Waals surface area contributed by atoms with Crippen LogP contribution in [0.5, 0.6) is 0 Å². The first-order chi connectivity index (χ1) is 4.27. The van der Waals surface area contributed by atoms with E-state index in [1.54, 1.807) is 0 Å². The maximum Gasteiger partial charge on any atom is 0.0531 e. The van der Waals surface area contributed by atoms with E-state index in [-0.39, 0.29) is 5.41 Å². The van der Waals surface area contributed by atoms with Gasteiger partial charge in [-0.3, -0.25) is 0 Å². The maximum atomic E-state index is 5.74. The van der Waals surface area contributed by atoms with Gasteiger partial charge >= 0.3 is 0 Å². The van der Waals surface area contributed by atoms with Crippen LogP contribution in [-0.2, 0) is 4.74 Å². The molecule has 9 heavy (non-hydrogen) atoms. The van der Waals surface area contributed by atoms with Gasteiger partial charge in [0.1, 0.15) is 0 Å². The summed E-state index contributed by atoms with van der Waals surface area (Å²) in [4.78, 5) is 0. The van der Waals surface area contributed by atoms with Crippen LogP contribution in [0.4, 0.5) is 0 Å². The van der Waals surface area contributed by atoms with Crippen LogP contribution in [-0.4, -0.2) is 19.1 Å². The molecule has 0 aromatic heterocycles. The Morgan fingerprint density at radius 2 is 2.44 bits per heavy atom. The lowest BCUT2D eigenvalue weighted by atomic mass is 9.87. The minimum Gasteiger partial charge on any atom is -0.381 e. The molecule has 1 atom stereocenters. The van der Waals surface area contributed by atoms with Crippen LogP contribution in [0.15, 0.2) is 0 Å². The van der Waals surface area contributed by atoms with Crippen molar-refractivity contribution in [3.05, 3.63) is 0 Å². The normalized spacial score (nSPS) is 36.7. The highest BCUT2D eigenvalue weighted by molar-refractivity contribution is 6.18. The lowest BCUT2D eigenvalue weighted by Gasteiger charge is -2.30. The molecule has 1 aliphatic heterocycles. The third-order valence-electron chi connectivity index (χ3n) is 1.84. The predicted octanol–water partition coefficient (Wildman–Crippen LogP) is 2.04. The van der Waals surface area contributed by atoms with E-state index in [1.165, 1.54) is 12.8 Å². The maximum absolute atomic E-state index is 5.74. The molecule has 0 radical (unpaired) electrons. The lowest BCUT2D eigenvalue weighted by Crippen LogP contribution is -2.30. The second-order valence-electron chi connectivity index (χ2n) is 3.10. The van der Waals surface area contributed by atoms with E-state index >= 15 is 0 Å². The molecular weight excluding hydrogens is 136 g/mol. The van der Waals surface area contributed by atoms with Crippen LogP contribution in [0.1, 0.15) is 19.8 Å². The van der Waals surface area contributed by atoms with Crippen molar-refractivity contribution >= 4 is 11.6 Å². The van der Waals surface area contributed by atoms with Gasteiger partial charge in [-0.1, -0.05) is 6.92 Å². The summed E-state index contributed by atoms with van der Waals surface area (Å²) >= 11 is 5.74.